The quantitative estimate of drug-likeness (QED) is 0.694. The SMILES string of the molecule is NC(=O)Nc1ccc(C(=O)Cn2nnc(-c3ccccc3)n2)cc1. The molecule has 0 spiro atoms. The predicted octanol–water partition coefficient (Wildman–Crippen LogP) is 1.71. The Morgan fingerprint density at radius 2 is 1.75 bits per heavy atom. The number of tetrazole rings is 1. The van der Waals surface area contributed by atoms with Gasteiger partial charge in [-0.3, -0.25) is 4.79 Å². The van der Waals surface area contributed by atoms with Gasteiger partial charge in [0.15, 0.2) is 5.78 Å². The Bertz CT molecular complexity index is 858. The highest BCUT2D eigenvalue weighted by Crippen LogP contribution is 2.13. The standard InChI is InChI=1S/C16H14N6O2/c17-16(24)18-13-8-6-11(7-9-13)14(23)10-22-20-15(19-21-22)12-4-2-1-3-5-12/h1-9H,10H2,(H3,17,18,24). The summed E-state index contributed by atoms with van der Waals surface area (Å²) >= 11 is 0. The van der Waals surface area contributed by atoms with E-state index in [0.717, 1.165) is 5.56 Å². The molecule has 0 bridgehead atoms. The fourth-order valence-electron chi connectivity index (χ4n) is 2.11. The maximum atomic E-state index is 12.3. The van der Waals surface area contributed by atoms with Crippen LogP contribution in [-0.2, 0) is 6.54 Å². The van der Waals surface area contributed by atoms with E-state index >= 15 is 0 Å². The molecule has 0 aliphatic carbocycles. The molecule has 0 aliphatic rings. The second kappa shape index (κ2) is 6.69. The molecule has 8 heteroatoms. The number of anilines is 1. The summed E-state index contributed by atoms with van der Waals surface area (Å²) in [5, 5.41) is 14.5. The summed E-state index contributed by atoms with van der Waals surface area (Å²) < 4.78 is 0. The van der Waals surface area contributed by atoms with Crippen LogP contribution in [0.1, 0.15) is 10.4 Å². The number of rotatable bonds is 5. The van der Waals surface area contributed by atoms with Crippen molar-refractivity contribution in [2.24, 2.45) is 5.73 Å². The van der Waals surface area contributed by atoms with E-state index in [9.17, 15) is 9.59 Å². The van der Waals surface area contributed by atoms with Gasteiger partial charge in [-0.15, -0.1) is 10.2 Å². The van der Waals surface area contributed by atoms with Gasteiger partial charge in [-0.1, -0.05) is 30.3 Å². The van der Waals surface area contributed by atoms with Crippen molar-refractivity contribution in [3.05, 3.63) is 60.2 Å². The molecule has 3 N–H and O–H groups in total. The monoisotopic (exact) mass is 322 g/mol. The van der Waals surface area contributed by atoms with Crippen LogP contribution in [0.3, 0.4) is 0 Å². The number of nitrogens with one attached hydrogen (secondary N) is 1. The smallest absolute Gasteiger partial charge is 0.316 e. The van der Waals surface area contributed by atoms with Crippen LogP contribution in [0.4, 0.5) is 10.5 Å². The number of hydrogen-bond acceptors (Lipinski definition) is 5. The molecule has 0 aliphatic heterocycles. The van der Waals surface area contributed by atoms with Crippen LogP contribution in [0, 0.1) is 0 Å². The number of carbonyl (C=O) groups is 2. The van der Waals surface area contributed by atoms with E-state index in [-0.39, 0.29) is 12.3 Å². The molecule has 0 saturated carbocycles. The number of Topliss-reactive ketones (excluding diaryl/α,β-unsaturated/α-hetero) is 1. The second-order valence-electron chi connectivity index (χ2n) is 5.00. The number of hydrogen-bond donors (Lipinski definition) is 2. The summed E-state index contributed by atoms with van der Waals surface area (Å²) in [6.07, 6.45) is 0. The van der Waals surface area contributed by atoms with Crippen LogP contribution >= 0.6 is 0 Å². The number of primary amides is 1. The third kappa shape index (κ3) is 3.61. The van der Waals surface area contributed by atoms with E-state index in [1.807, 2.05) is 30.3 Å². The van der Waals surface area contributed by atoms with Gasteiger partial charge in [0.25, 0.3) is 0 Å². The first-order chi connectivity index (χ1) is 11.6. The number of ketones is 1. The van der Waals surface area contributed by atoms with Crippen molar-refractivity contribution in [3.8, 4) is 11.4 Å². The largest absolute Gasteiger partial charge is 0.351 e. The molecule has 1 aromatic heterocycles. The number of urea groups is 1. The molecule has 0 fully saturated rings. The summed E-state index contributed by atoms with van der Waals surface area (Å²) in [5.41, 5.74) is 6.86. The van der Waals surface area contributed by atoms with Crippen LogP contribution in [0.5, 0.6) is 0 Å². The summed E-state index contributed by atoms with van der Waals surface area (Å²) in [6, 6.07) is 15.1. The van der Waals surface area contributed by atoms with Gasteiger partial charge in [-0.2, -0.15) is 4.80 Å². The molecule has 2 aromatic carbocycles. The van der Waals surface area contributed by atoms with Gasteiger partial charge in [-0.25, -0.2) is 4.79 Å². The maximum Gasteiger partial charge on any atom is 0.316 e. The minimum atomic E-state index is -0.658. The summed E-state index contributed by atoms with van der Waals surface area (Å²) in [7, 11) is 0. The van der Waals surface area contributed by atoms with Crippen LogP contribution in [0.25, 0.3) is 11.4 Å². The van der Waals surface area contributed by atoms with Crippen molar-refractivity contribution >= 4 is 17.5 Å². The minimum Gasteiger partial charge on any atom is -0.351 e. The zero-order chi connectivity index (χ0) is 16.9. The molecule has 24 heavy (non-hydrogen) atoms. The van der Waals surface area contributed by atoms with Crippen LogP contribution in [0.15, 0.2) is 54.6 Å². The molecule has 8 nitrogen and oxygen atoms in total. The molecule has 3 aromatic rings. The summed E-state index contributed by atoms with van der Waals surface area (Å²) in [5.74, 6) is 0.294. The number of carbonyl (C=O) groups excluding carboxylic acids is 2. The first kappa shape index (κ1) is 15.3. The van der Waals surface area contributed by atoms with Crippen LogP contribution in [0.2, 0.25) is 0 Å². The highest BCUT2D eigenvalue weighted by molar-refractivity contribution is 5.96. The van der Waals surface area contributed by atoms with E-state index in [4.69, 9.17) is 5.73 Å². The van der Waals surface area contributed by atoms with E-state index < -0.39 is 6.03 Å². The van der Waals surface area contributed by atoms with Gasteiger partial charge >= 0.3 is 6.03 Å². The molecule has 0 unspecified atom stereocenters. The van der Waals surface area contributed by atoms with Gasteiger partial charge < -0.3 is 11.1 Å². The topological polar surface area (TPSA) is 116 Å². The number of amides is 2. The third-order valence-corrected chi connectivity index (χ3v) is 3.24. The Labute approximate surface area is 137 Å². The van der Waals surface area contributed by atoms with E-state index in [0.29, 0.717) is 17.1 Å². The Balaban J connectivity index is 1.69. The van der Waals surface area contributed by atoms with Crippen molar-refractivity contribution in [2.75, 3.05) is 5.32 Å². The van der Waals surface area contributed by atoms with Crippen LogP contribution < -0.4 is 11.1 Å². The zero-order valence-electron chi connectivity index (χ0n) is 12.6. The average molecular weight is 322 g/mol. The molecule has 0 atom stereocenters. The van der Waals surface area contributed by atoms with Gasteiger partial charge in [0, 0.05) is 16.8 Å². The first-order valence-electron chi connectivity index (χ1n) is 7.15. The number of nitrogens with zero attached hydrogens (tertiary/aromatic N) is 4. The number of aromatic nitrogens is 4. The van der Waals surface area contributed by atoms with Gasteiger partial charge in [0.05, 0.1) is 0 Å². The van der Waals surface area contributed by atoms with Crippen molar-refractivity contribution in [1.82, 2.24) is 20.2 Å². The molecule has 3 rings (SSSR count). The average Bonchev–Trinajstić information content (AvgIpc) is 3.04. The molecular weight excluding hydrogens is 308 g/mol. The molecule has 1 heterocycles. The molecule has 0 saturated heterocycles. The molecule has 120 valence electrons. The third-order valence-electron chi connectivity index (χ3n) is 3.24. The molecule has 2 amide bonds. The van der Waals surface area contributed by atoms with Gasteiger partial charge in [0.1, 0.15) is 6.54 Å². The van der Waals surface area contributed by atoms with E-state index in [2.05, 4.69) is 20.7 Å². The van der Waals surface area contributed by atoms with E-state index in [1.54, 1.807) is 24.3 Å². The Hall–Kier alpha value is -3.55. The Kier molecular flexibility index (Phi) is 4.28. The van der Waals surface area contributed by atoms with Crippen molar-refractivity contribution < 1.29 is 9.59 Å². The van der Waals surface area contributed by atoms with E-state index in [1.165, 1.54) is 4.80 Å². The summed E-state index contributed by atoms with van der Waals surface area (Å²) in [4.78, 5) is 24.3. The minimum absolute atomic E-state index is 0.0254. The molecular formula is C16H14N6O2. The molecule has 0 radical (unpaired) electrons. The van der Waals surface area contributed by atoms with Crippen LogP contribution in [-0.4, -0.2) is 32.0 Å². The van der Waals surface area contributed by atoms with Crippen molar-refractivity contribution in [1.29, 1.82) is 0 Å². The first-order valence-corrected chi connectivity index (χ1v) is 7.15. The zero-order valence-corrected chi connectivity index (χ0v) is 12.6. The lowest BCUT2D eigenvalue weighted by Gasteiger charge is -2.03. The highest BCUT2D eigenvalue weighted by atomic mass is 16.2. The fraction of sp³-hybridized carbons (Fsp3) is 0.0625. The number of benzene rings is 2. The Morgan fingerprint density at radius 1 is 1.04 bits per heavy atom. The summed E-state index contributed by atoms with van der Waals surface area (Å²) in [6.45, 7) is -0.0254. The lowest BCUT2D eigenvalue weighted by molar-refractivity contribution is 0.0961. The lowest BCUT2D eigenvalue weighted by Crippen LogP contribution is -2.19. The van der Waals surface area contributed by atoms with Crippen molar-refractivity contribution in [2.45, 2.75) is 6.54 Å². The van der Waals surface area contributed by atoms with Gasteiger partial charge in [0.2, 0.25) is 5.82 Å². The Morgan fingerprint density at radius 3 is 2.42 bits per heavy atom. The van der Waals surface area contributed by atoms with Gasteiger partial charge in [-0.05, 0) is 29.5 Å². The van der Waals surface area contributed by atoms with Crippen molar-refractivity contribution in [3.63, 3.8) is 0 Å². The fourth-order valence-corrected chi connectivity index (χ4v) is 2.11. The lowest BCUT2D eigenvalue weighted by atomic mass is 10.1. The normalized spacial score (nSPS) is 10.3. The maximum absolute atomic E-state index is 12.3. The number of nitrogens with two attached hydrogens (primary N) is 1. The highest BCUT2D eigenvalue weighted by Gasteiger charge is 2.11. The second-order valence-corrected chi connectivity index (χ2v) is 5.00. The predicted molar refractivity (Wildman–Crippen MR) is 87.2 cm³/mol.